The highest BCUT2D eigenvalue weighted by Crippen LogP contribution is 2.24. The molecule has 0 heterocycles. The van der Waals surface area contributed by atoms with E-state index in [1.165, 1.54) is 11.1 Å². The van der Waals surface area contributed by atoms with Gasteiger partial charge in [0.05, 0.1) is 0 Å². The van der Waals surface area contributed by atoms with Gasteiger partial charge in [0.25, 0.3) is 0 Å². The molecule has 0 bridgehead atoms. The molecule has 0 N–H and O–H groups in total. The van der Waals surface area contributed by atoms with E-state index in [1.54, 1.807) is 0 Å². The van der Waals surface area contributed by atoms with Gasteiger partial charge in [-0.05, 0) is 35.6 Å². The van der Waals surface area contributed by atoms with Gasteiger partial charge < -0.3 is 0 Å². The number of carbonyl (C=O) groups excluding carboxylic acids is 2. The number of aryl methyl sites for hydroxylation is 2. The van der Waals surface area contributed by atoms with E-state index in [9.17, 15) is 9.59 Å². The fourth-order valence-electron chi connectivity index (χ4n) is 2.16. The van der Waals surface area contributed by atoms with Crippen LogP contribution in [0.15, 0.2) is 12.1 Å². The molecule has 78 valence electrons. The van der Waals surface area contributed by atoms with E-state index in [4.69, 9.17) is 0 Å². The lowest BCUT2D eigenvalue weighted by Crippen LogP contribution is -2.06. The third-order valence-electron chi connectivity index (χ3n) is 3.04. The maximum atomic E-state index is 11.5. The van der Waals surface area contributed by atoms with E-state index in [1.807, 2.05) is 12.1 Å². The van der Waals surface area contributed by atoms with E-state index in [0.29, 0.717) is 12.0 Å². The van der Waals surface area contributed by atoms with Crippen LogP contribution in [0.5, 0.6) is 0 Å². The average molecular weight is 202 g/mol. The predicted molar refractivity (Wildman–Crippen MR) is 58.2 cm³/mol. The van der Waals surface area contributed by atoms with E-state index in [0.717, 1.165) is 18.4 Å². The van der Waals surface area contributed by atoms with E-state index in [-0.39, 0.29) is 11.6 Å². The van der Waals surface area contributed by atoms with Gasteiger partial charge in [-0.25, -0.2) is 0 Å². The number of ketones is 2. The van der Waals surface area contributed by atoms with E-state index >= 15 is 0 Å². The van der Waals surface area contributed by atoms with Crippen molar-refractivity contribution in [2.24, 2.45) is 0 Å². The van der Waals surface area contributed by atoms with E-state index < -0.39 is 0 Å². The van der Waals surface area contributed by atoms with Crippen molar-refractivity contribution in [3.05, 3.63) is 34.4 Å². The molecular weight excluding hydrogens is 188 g/mol. The number of rotatable bonds is 2. The molecule has 0 spiro atoms. The number of hydrogen-bond donors (Lipinski definition) is 0. The van der Waals surface area contributed by atoms with Crippen molar-refractivity contribution in [1.82, 2.24) is 0 Å². The molecule has 1 aromatic rings. The number of Topliss-reactive ketones (excluding diaryl/α,β-unsaturated/α-hetero) is 2. The van der Waals surface area contributed by atoms with Gasteiger partial charge in [0.15, 0.2) is 0 Å². The summed E-state index contributed by atoms with van der Waals surface area (Å²) in [6.45, 7) is 4.17. The van der Waals surface area contributed by atoms with Gasteiger partial charge >= 0.3 is 0 Å². The Labute approximate surface area is 89.3 Å². The molecule has 0 saturated heterocycles. The van der Waals surface area contributed by atoms with Crippen molar-refractivity contribution in [2.45, 2.75) is 33.1 Å². The quantitative estimate of drug-likeness (QED) is 0.688. The number of fused-ring (bicyclic) bond motifs is 1. The first-order valence-corrected chi connectivity index (χ1v) is 5.39. The second-order valence-corrected chi connectivity index (χ2v) is 3.91. The Morgan fingerprint density at radius 3 is 2.27 bits per heavy atom. The SMILES string of the molecule is CCc1cc2c(cc1CC)C(=O)C(=O)C2. The first kappa shape index (κ1) is 10.1. The molecule has 2 rings (SSSR count). The van der Waals surface area contributed by atoms with Crippen LogP contribution in [0, 0.1) is 0 Å². The normalized spacial score (nSPS) is 14.5. The smallest absolute Gasteiger partial charge is 0.229 e. The first-order valence-electron chi connectivity index (χ1n) is 5.39. The fraction of sp³-hybridized carbons (Fsp3) is 0.385. The largest absolute Gasteiger partial charge is 0.290 e. The summed E-state index contributed by atoms with van der Waals surface area (Å²) in [7, 11) is 0. The number of carbonyl (C=O) groups is 2. The molecule has 0 fully saturated rings. The minimum atomic E-state index is -0.303. The Kier molecular flexibility index (Phi) is 2.43. The van der Waals surface area contributed by atoms with Crippen LogP contribution in [-0.2, 0) is 24.1 Å². The lowest BCUT2D eigenvalue weighted by Gasteiger charge is -2.08. The zero-order chi connectivity index (χ0) is 11.0. The Morgan fingerprint density at radius 2 is 1.67 bits per heavy atom. The van der Waals surface area contributed by atoms with Gasteiger partial charge in [-0.15, -0.1) is 0 Å². The van der Waals surface area contributed by atoms with Crippen LogP contribution in [0.4, 0.5) is 0 Å². The molecule has 1 aliphatic carbocycles. The maximum absolute atomic E-state index is 11.5. The van der Waals surface area contributed by atoms with Gasteiger partial charge in [0.1, 0.15) is 0 Å². The van der Waals surface area contributed by atoms with Gasteiger partial charge in [0, 0.05) is 12.0 Å². The third-order valence-corrected chi connectivity index (χ3v) is 3.04. The molecule has 0 aliphatic heterocycles. The molecule has 1 aliphatic rings. The first-order chi connectivity index (χ1) is 7.17. The summed E-state index contributed by atoms with van der Waals surface area (Å²) in [5.41, 5.74) is 4.01. The Hall–Kier alpha value is -1.44. The van der Waals surface area contributed by atoms with Crippen molar-refractivity contribution < 1.29 is 9.59 Å². The summed E-state index contributed by atoms with van der Waals surface area (Å²) in [6, 6.07) is 3.93. The van der Waals surface area contributed by atoms with Crippen LogP contribution in [0.1, 0.15) is 40.9 Å². The van der Waals surface area contributed by atoms with Crippen LogP contribution in [0.3, 0.4) is 0 Å². The van der Waals surface area contributed by atoms with Crippen LogP contribution >= 0.6 is 0 Å². The van der Waals surface area contributed by atoms with Crippen molar-refractivity contribution in [1.29, 1.82) is 0 Å². The predicted octanol–water partition coefficient (Wildman–Crippen LogP) is 2.12. The molecule has 1 aromatic carbocycles. The van der Waals surface area contributed by atoms with Crippen LogP contribution in [0.2, 0.25) is 0 Å². The van der Waals surface area contributed by atoms with Crippen LogP contribution < -0.4 is 0 Å². The Morgan fingerprint density at radius 1 is 1.07 bits per heavy atom. The molecule has 0 radical (unpaired) electrons. The van der Waals surface area contributed by atoms with Gasteiger partial charge in [-0.3, -0.25) is 9.59 Å². The lowest BCUT2D eigenvalue weighted by atomic mass is 9.97. The van der Waals surface area contributed by atoms with Crippen molar-refractivity contribution in [3.63, 3.8) is 0 Å². The topological polar surface area (TPSA) is 34.1 Å². The molecule has 2 nitrogen and oxygen atoms in total. The zero-order valence-electron chi connectivity index (χ0n) is 9.09. The maximum Gasteiger partial charge on any atom is 0.229 e. The molecule has 0 aromatic heterocycles. The van der Waals surface area contributed by atoms with Crippen LogP contribution in [0.25, 0.3) is 0 Å². The van der Waals surface area contributed by atoms with Gasteiger partial charge in [0.2, 0.25) is 11.6 Å². The summed E-state index contributed by atoms with van der Waals surface area (Å²) in [4.78, 5) is 22.8. The monoisotopic (exact) mass is 202 g/mol. The molecule has 0 atom stereocenters. The third kappa shape index (κ3) is 1.50. The highest BCUT2D eigenvalue weighted by Gasteiger charge is 2.28. The molecule has 15 heavy (non-hydrogen) atoms. The van der Waals surface area contributed by atoms with Gasteiger partial charge in [-0.1, -0.05) is 19.9 Å². The molecule has 2 heteroatoms. The van der Waals surface area contributed by atoms with Crippen molar-refractivity contribution >= 4 is 11.6 Å². The second kappa shape index (κ2) is 3.61. The molecule has 0 unspecified atom stereocenters. The van der Waals surface area contributed by atoms with Crippen molar-refractivity contribution in [2.75, 3.05) is 0 Å². The second-order valence-electron chi connectivity index (χ2n) is 3.91. The van der Waals surface area contributed by atoms with Crippen molar-refractivity contribution in [3.8, 4) is 0 Å². The van der Waals surface area contributed by atoms with Gasteiger partial charge in [-0.2, -0.15) is 0 Å². The van der Waals surface area contributed by atoms with E-state index in [2.05, 4.69) is 13.8 Å². The van der Waals surface area contributed by atoms with Crippen LogP contribution in [-0.4, -0.2) is 11.6 Å². The summed E-state index contributed by atoms with van der Waals surface area (Å²) in [5.74, 6) is -0.567. The molecule has 0 amide bonds. The highest BCUT2D eigenvalue weighted by molar-refractivity contribution is 6.47. The summed E-state index contributed by atoms with van der Waals surface area (Å²) in [5, 5.41) is 0. The minimum Gasteiger partial charge on any atom is -0.290 e. The molecule has 0 saturated carbocycles. The summed E-state index contributed by atoms with van der Waals surface area (Å²) in [6.07, 6.45) is 2.17. The standard InChI is InChI=1S/C13H14O2/c1-3-8-5-10-7-12(14)13(15)11(10)6-9(8)4-2/h5-6H,3-4,7H2,1-2H3. The fourth-order valence-corrected chi connectivity index (χ4v) is 2.16. The minimum absolute atomic E-state index is 0.264. The number of benzene rings is 1. The highest BCUT2D eigenvalue weighted by atomic mass is 16.2. The zero-order valence-corrected chi connectivity index (χ0v) is 9.09. The Balaban J connectivity index is 2.58. The Bertz CT molecular complexity index is 444. The lowest BCUT2D eigenvalue weighted by molar-refractivity contribution is -0.114. The average Bonchev–Trinajstić information content (AvgIpc) is 2.53. The summed E-state index contributed by atoms with van der Waals surface area (Å²) < 4.78 is 0. The molecular formula is C13H14O2. The number of hydrogen-bond acceptors (Lipinski definition) is 2. The summed E-state index contributed by atoms with van der Waals surface area (Å²) >= 11 is 0.